The fraction of sp³-hybridized carbons (Fsp3) is 0.818. The van der Waals surface area contributed by atoms with E-state index in [0.29, 0.717) is 18.4 Å². The summed E-state index contributed by atoms with van der Waals surface area (Å²) < 4.78 is 5.61. The molecule has 0 spiro atoms. The minimum absolute atomic E-state index is 0.443. The minimum atomic E-state index is 0.443. The Morgan fingerprint density at radius 1 is 1.20 bits per heavy atom. The molecule has 0 atom stereocenters. The smallest absolute Gasteiger partial charge is 0.230 e. The molecule has 0 aromatic carbocycles. The van der Waals surface area contributed by atoms with Crippen molar-refractivity contribution < 1.29 is 4.42 Å². The Balaban J connectivity index is 2.63. The maximum absolute atomic E-state index is 5.61. The average Bonchev–Trinajstić information content (AvgIpc) is 2.67. The summed E-state index contributed by atoms with van der Waals surface area (Å²) in [7, 11) is 1.87. The van der Waals surface area contributed by atoms with Gasteiger partial charge < -0.3 is 9.73 Å². The molecule has 0 saturated heterocycles. The third-order valence-corrected chi connectivity index (χ3v) is 2.43. The highest BCUT2D eigenvalue weighted by Gasteiger charge is 2.16. The number of hydrogen-bond acceptors (Lipinski definition) is 4. The molecule has 0 fully saturated rings. The van der Waals surface area contributed by atoms with Crippen LogP contribution in [-0.2, 0) is 6.54 Å². The molecule has 1 rings (SSSR count). The second-order valence-corrected chi connectivity index (χ2v) is 3.84. The monoisotopic (exact) mass is 211 g/mol. The van der Waals surface area contributed by atoms with E-state index in [4.69, 9.17) is 4.42 Å². The average molecular weight is 211 g/mol. The predicted octanol–water partition coefficient (Wildman–Crippen LogP) is 2.47. The molecule has 1 N–H and O–H groups in total. The van der Waals surface area contributed by atoms with E-state index in [-0.39, 0.29) is 0 Å². The molecule has 0 aliphatic heterocycles. The second-order valence-electron chi connectivity index (χ2n) is 3.84. The standard InChI is InChI=1S/C11H21N3O/c1-4-6-9(7-5-2)11-14-13-10(15-11)8-12-3/h9,12H,4-8H2,1-3H3. The summed E-state index contributed by atoms with van der Waals surface area (Å²) in [5.41, 5.74) is 0. The zero-order valence-corrected chi connectivity index (χ0v) is 9.92. The molecule has 0 unspecified atom stereocenters. The topological polar surface area (TPSA) is 51.0 Å². The Morgan fingerprint density at radius 3 is 2.40 bits per heavy atom. The molecule has 0 bridgehead atoms. The maximum atomic E-state index is 5.61. The van der Waals surface area contributed by atoms with Crippen LogP contribution in [0.5, 0.6) is 0 Å². The first-order valence-electron chi connectivity index (χ1n) is 5.78. The second kappa shape index (κ2) is 6.56. The molecule has 1 aromatic rings. The van der Waals surface area contributed by atoms with Gasteiger partial charge >= 0.3 is 0 Å². The van der Waals surface area contributed by atoms with Gasteiger partial charge in [0.05, 0.1) is 6.54 Å². The Morgan fingerprint density at radius 2 is 1.87 bits per heavy atom. The lowest BCUT2D eigenvalue weighted by Gasteiger charge is -2.09. The van der Waals surface area contributed by atoms with Crippen LogP contribution in [0.3, 0.4) is 0 Å². The molecular weight excluding hydrogens is 190 g/mol. The molecule has 0 aliphatic carbocycles. The van der Waals surface area contributed by atoms with Crippen LogP contribution in [-0.4, -0.2) is 17.2 Å². The van der Waals surface area contributed by atoms with Gasteiger partial charge in [-0.2, -0.15) is 0 Å². The van der Waals surface area contributed by atoms with Crippen molar-refractivity contribution in [2.75, 3.05) is 7.05 Å². The van der Waals surface area contributed by atoms with E-state index < -0.39 is 0 Å². The van der Waals surface area contributed by atoms with Crippen LogP contribution in [0.4, 0.5) is 0 Å². The molecule has 4 heteroatoms. The van der Waals surface area contributed by atoms with E-state index in [1.807, 2.05) is 7.05 Å². The first-order chi connectivity index (χ1) is 7.31. The number of nitrogens with zero attached hydrogens (tertiary/aromatic N) is 2. The van der Waals surface area contributed by atoms with Crippen molar-refractivity contribution in [3.8, 4) is 0 Å². The predicted molar refractivity (Wildman–Crippen MR) is 59.6 cm³/mol. The van der Waals surface area contributed by atoms with Crippen LogP contribution in [0, 0.1) is 0 Å². The van der Waals surface area contributed by atoms with Crippen LogP contribution < -0.4 is 5.32 Å². The highest BCUT2D eigenvalue weighted by atomic mass is 16.4. The number of hydrogen-bond donors (Lipinski definition) is 1. The molecule has 0 aliphatic rings. The van der Waals surface area contributed by atoms with E-state index in [0.717, 1.165) is 31.6 Å². The number of rotatable bonds is 7. The highest BCUT2D eigenvalue weighted by Crippen LogP contribution is 2.24. The molecular formula is C11H21N3O. The van der Waals surface area contributed by atoms with Crippen LogP contribution in [0.1, 0.15) is 57.2 Å². The summed E-state index contributed by atoms with van der Waals surface area (Å²) in [6.07, 6.45) is 4.59. The van der Waals surface area contributed by atoms with Crippen molar-refractivity contribution in [1.82, 2.24) is 15.5 Å². The van der Waals surface area contributed by atoms with E-state index >= 15 is 0 Å². The van der Waals surface area contributed by atoms with Crippen molar-refractivity contribution in [2.45, 2.75) is 52.0 Å². The zero-order valence-electron chi connectivity index (χ0n) is 9.92. The molecule has 1 heterocycles. The van der Waals surface area contributed by atoms with Gasteiger partial charge in [-0.3, -0.25) is 0 Å². The largest absolute Gasteiger partial charge is 0.424 e. The Kier molecular flexibility index (Phi) is 5.32. The van der Waals surface area contributed by atoms with Gasteiger partial charge in [0, 0.05) is 5.92 Å². The van der Waals surface area contributed by atoms with Crippen molar-refractivity contribution in [3.63, 3.8) is 0 Å². The minimum Gasteiger partial charge on any atom is -0.424 e. The van der Waals surface area contributed by atoms with Crippen molar-refractivity contribution in [1.29, 1.82) is 0 Å². The number of nitrogens with one attached hydrogen (secondary N) is 1. The van der Waals surface area contributed by atoms with Gasteiger partial charge in [-0.05, 0) is 19.9 Å². The van der Waals surface area contributed by atoms with Gasteiger partial charge in [-0.25, -0.2) is 0 Å². The van der Waals surface area contributed by atoms with Crippen molar-refractivity contribution in [2.24, 2.45) is 0 Å². The molecule has 1 aromatic heterocycles. The normalized spacial score (nSPS) is 11.2. The highest BCUT2D eigenvalue weighted by molar-refractivity contribution is 4.91. The summed E-state index contributed by atoms with van der Waals surface area (Å²) in [6.45, 7) is 5.03. The Hall–Kier alpha value is -0.900. The fourth-order valence-corrected chi connectivity index (χ4v) is 1.74. The first-order valence-corrected chi connectivity index (χ1v) is 5.78. The number of aromatic nitrogens is 2. The lowest BCUT2D eigenvalue weighted by atomic mass is 9.98. The Labute approximate surface area is 91.5 Å². The van der Waals surface area contributed by atoms with Crippen LogP contribution >= 0.6 is 0 Å². The molecule has 15 heavy (non-hydrogen) atoms. The van der Waals surface area contributed by atoms with E-state index in [1.54, 1.807) is 0 Å². The van der Waals surface area contributed by atoms with Gasteiger partial charge in [0.1, 0.15) is 0 Å². The van der Waals surface area contributed by atoms with Gasteiger partial charge in [0.25, 0.3) is 0 Å². The van der Waals surface area contributed by atoms with Crippen LogP contribution in [0.15, 0.2) is 4.42 Å². The zero-order chi connectivity index (χ0) is 11.1. The SMILES string of the molecule is CCCC(CCC)c1nnc(CNC)o1. The summed E-state index contributed by atoms with van der Waals surface area (Å²) in [6, 6.07) is 0. The van der Waals surface area contributed by atoms with Crippen molar-refractivity contribution >= 4 is 0 Å². The molecule has 0 saturated carbocycles. The van der Waals surface area contributed by atoms with Crippen LogP contribution in [0.2, 0.25) is 0 Å². The fourth-order valence-electron chi connectivity index (χ4n) is 1.74. The third kappa shape index (κ3) is 3.63. The van der Waals surface area contributed by atoms with E-state index in [2.05, 4.69) is 29.4 Å². The summed E-state index contributed by atoms with van der Waals surface area (Å²) in [4.78, 5) is 0. The summed E-state index contributed by atoms with van der Waals surface area (Å²) in [5.74, 6) is 1.94. The molecule has 86 valence electrons. The van der Waals surface area contributed by atoms with Crippen LogP contribution in [0.25, 0.3) is 0 Å². The summed E-state index contributed by atoms with van der Waals surface area (Å²) in [5, 5.41) is 11.1. The van der Waals surface area contributed by atoms with Gasteiger partial charge in [0.2, 0.25) is 11.8 Å². The van der Waals surface area contributed by atoms with Gasteiger partial charge in [-0.1, -0.05) is 26.7 Å². The maximum Gasteiger partial charge on any atom is 0.230 e. The molecule has 0 amide bonds. The molecule has 0 radical (unpaired) electrons. The lowest BCUT2D eigenvalue weighted by molar-refractivity contribution is 0.384. The molecule has 4 nitrogen and oxygen atoms in total. The summed E-state index contributed by atoms with van der Waals surface area (Å²) >= 11 is 0. The first kappa shape index (κ1) is 12.2. The lowest BCUT2D eigenvalue weighted by Crippen LogP contribution is -2.04. The Bertz CT molecular complexity index is 267. The van der Waals surface area contributed by atoms with E-state index in [1.165, 1.54) is 0 Å². The van der Waals surface area contributed by atoms with E-state index in [9.17, 15) is 0 Å². The third-order valence-electron chi connectivity index (χ3n) is 2.43. The van der Waals surface area contributed by atoms with Gasteiger partial charge in [0.15, 0.2) is 0 Å². The van der Waals surface area contributed by atoms with Crippen molar-refractivity contribution in [3.05, 3.63) is 11.8 Å². The quantitative estimate of drug-likeness (QED) is 0.752. The van der Waals surface area contributed by atoms with Gasteiger partial charge in [-0.15, -0.1) is 10.2 Å².